The van der Waals surface area contributed by atoms with Gasteiger partial charge in [-0.1, -0.05) is 29.5 Å². The van der Waals surface area contributed by atoms with Crippen LogP contribution in [0.2, 0.25) is 0 Å². The molecule has 0 bridgehead atoms. The zero-order chi connectivity index (χ0) is 28.7. The predicted molar refractivity (Wildman–Crippen MR) is 149 cm³/mol. The molecule has 0 saturated heterocycles. The smallest absolute Gasteiger partial charge is 0.338 e. The number of aryl methyl sites for hydroxylation is 1. The molecular formula is C30H26FN3O5S. The van der Waals surface area contributed by atoms with E-state index >= 15 is 0 Å². The number of carbonyl (C=O) groups is 2. The van der Waals surface area contributed by atoms with Gasteiger partial charge in [0.15, 0.2) is 4.80 Å². The Labute approximate surface area is 232 Å². The van der Waals surface area contributed by atoms with E-state index in [1.807, 2.05) is 30.5 Å². The molecule has 2 aromatic heterocycles. The molecule has 4 aromatic rings. The Bertz CT molecular complexity index is 1880. The van der Waals surface area contributed by atoms with Gasteiger partial charge in [0, 0.05) is 17.1 Å². The maximum atomic E-state index is 13.9. The van der Waals surface area contributed by atoms with E-state index in [-0.39, 0.29) is 23.3 Å². The van der Waals surface area contributed by atoms with Crippen molar-refractivity contribution in [2.24, 2.45) is 4.99 Å². The van der Waals surface area contributed by atoms with E-state index in [1.165, 1.54) is 34.1 Å². The van der Waals surface area contributed by atoms with E-state index in [4.69, 9.17) is 4.74 Å². The number of esters is 1. The molecule has 1 atom stereocenters. The molecule has 0 amide bonds. The van der Waals surface area contributed by atoms with Crippen molar-refractivity contribution in [3.63, 3.8) is 0 Å². The number of halogens is 1. The average molecular weight is 560 g/mol. The molecule has 0 spiro atoms. The molecule has 204 valence electrons. The van der Waals surface area contributed by atoms with Crippen molar-refractivity contribution in [2.45, 2.75) is 33.7 Å². The maximum Gasteiger partial charge on any atom is 0.338 e. The molecule has 0 aliphatic carbocycles. The summed E-state index contributed by atoms with van der Waals surface area (Å²) in [4.78, 5) is 43.3. The number of allylic oxidation sites excluding steroid dienone is 1. The molecule has 5 rings (SSSR count). The molecule has 10 heteroatoms. The number of fused-ring (bicyclic) bond motifs is 1. The molecule has 0 saturated carbocycles. The number of nitrogens with zero attached hydrogens (tertiary/aromatic N) is 3. The molecule has 1 aliphatic heterocycles. The second-order valence-electron chi connectivity index (χ2n) is 9.37. The molecule has 0 radical (unpaired) electrons. The number of carboxylic acids is 1. The predicted octanol–water partition coefficient (Wildman–Crippen LogP) is 4.04. The zero-order valence-corrected chi connectivity index (χ0v) is 23.1. The summed E-state index contributed by atoms with van der Waals surface area (Å²) in [5.41, 5.74) is 4.21. The summed E-state index contributed by atoms with van der Waals surface area (Å²) in [6.45, 7) is 7.35. The summed E-state index contributed by atoms with van der Waals surface area (Å²) in [5, 5.41) is 9.41. The summed E-state index contributed by atoms with van der Waals surface area (Å²) in [5.74, 6) is -2.03. The van der Waals surface area contributed by atoms with E-state index in [1.54, 1.807) is 44.2 Å². The van der Waals surface area contributed by atoms with E-state index in [0.717, 1.165) is 17.0 Å². The number of aromatic nitrogens is 2. The van der Waals surface area contributed by atoms with Crippen molar-refractivity contribution in [2.75, 3.05) is 6.61 Å². The van der Waals surface area contributed by atoms with Gasteiger partial charge in [-0.25, -0.2) is 19.0 Å². The minimum Gasteiger partial charge on any atom is -0.478 e. The lowest BCUT2D eigenvalue weighted by atomic mass is 9.96. The number of carbonyl (C=O) groups excluding carboxylic acids is 1. The first-order chi connectivity index (χ1) is 19.1. The number of aromatic carboxylic acids is 1. The molecule has 0 unspecified atom stereocenters. The van der Waals surface area contributed by atoms with Gasteiger partial charge in [0.2, 0.25) is 0 Å². The van der Waals surface area contributed by atoms with Crippen LogP contribution in [-0.4, -0.2) is 32.8 Å². The third kappa shape index (κ3) is 4.71. The molecule has 3 heterocycles. The zero-order valence-electron chi connectivity index (χ0n) is 22.3. The van der Waals surface area contributed by atoms with Crippen LogP contribution in [0.4, 0.5) is 4.39 Å². The molecule has 2 aromatic carbocycles. The quantitative estimate of drug-likeness (QED) is 0.359. The average Bonchev–Trinajstić information content (AvgIpc) is 3.37. The summed E-state index contributed by atoms with van der Waals surface area (Å²) in [6, 6.07) is 13.4. The van der Waals surface area contributed by atoms with Crippen molar-refractivity contribution in [1.29, 1.82) is 0 Å². The normalized spacial score (nSPS) is 15.1. The van der Waals surface area contributed by atoms with Crippen molar-refractivity contribution in [3.8, 4) is 5.69 Å². The SMILES string of the molecule is CCOC(=O)C1=C(C)N=c2s/c(=C\c3cc(C)n(-c4cccc(C(=O)O)c4)c3C)c(=O)n2[C@@H]1c1ccc(F)cc1. The Balaban J connectivity index is 1.68. The summed E-state index contributed by atoms with van der Waals surface area (Å²) in [7, 11) is 0. The molecule has 1 aliphatic rings. The third-order valence-corrected chi connectivity index (χ3v) is 7.79. The van der Waals surface area contributed by atoms with Crippen LogP contribution in [0.15, 0.2) is 75.7 Å². The highest BCUT2D eigenvalue weighted by Gasteiger charge is 2.33. The van der Waals surface area contributed by atoms with Crippen molar-refractivity contribution >= 4 is 29.4 Å². The number of thiazole rings is 1. The van der Waals surface area contributed by atoms with Crippen LogP contribution in [-0.2, 0) is 9.53 Å². The van der Waals surface area contributed by atoms with Crippen LogP contribution in [0, 0.1) is 19.7 Å². The van der Waals surface area contributed by atoms with Crippen LogP contribution in [0.5, 0.6) is 0 Å². The highest BCUT2D eigenvalue weighted by Crippen LogP contribution is 2.31. The fourth-order valence-corrected chi connectivity index (χ4v) is 6.04. The fraction of sp³-hybridized carbons (Fsp3) is 0.200. The van der Waals surface area contributed by atoms with Gasteiger partial charge in [0.05, 0.1) is 34.0 Å². The highest BCUT2D eigenvalue weighted by molar-refractivity contribution is 7.07. The molecule has 40 heavy (non-hydrogen) atoms. The standard InChI is InChI=1S/C30H26FN3O5S/c1-5-39-29(38)25-17(3)32-30-34(26(25)19-9-11-22(31)12-10-19)27(35)24(40-30)15-21-13-16(2)33(18(21)4)23-8-6-7-20(14-23)28(36)37/h6-15,26H,5H2,1-4H3,(H,36,37)/b24-15-/t26-/m1/s1. The highest BCUT2D eigenvalue weighted by atomic mass is 32.1. The lowest BCUT2D eigenvalue weighted by Crippen LogP contribution is -2.39. The monoisotopic (exact) mass is 559 g/mol. The molecule has 8 nitrogen and oxygen atoms in total. The molecular weight excluding hydrogens is 533 g/mol. The van der Waals surface area contributed by atoms with Gasteiger partial charge in [-0.15, -0.1) is 0 Å². The van der Waals surface area contributed by atoms with Gasteiger partial charge in [-0.05, 0) is 81.3 Å². The summed E-state index contributed by atoms with van der Waals surface area (Å²) in [6.07, 6.45) is 1.77. The third-order valence-electron chi connectivity index (χ3n) is 6.81. The Morgan fingerprint density at radius 2 is 1.85 bits per heavy atom. The minimum atomic E-state index is -1.01. The van der Waals surface area contributed by atoms with Gasteiger partial charge in [-0.3, -0.25) is 9.36 Å². The number of ether oxygens (including phenoxy) is 1. The Morgan fingerprint density at radius 1 is 1.12 bits per heavy atom. The lowest BCUT2D eigenvalue weighted by Gasteiger charge is -2.24. The van der Waals surface area contributed by atoms with Crippen LogP contribution >= 0.6 is 11.3 Å². The first kappa shape index (κ1) is 27.0. The van der Waals surface area contributed by atoms with Gasteiger partial charge in [0.1, 0.15) is 5.82 Å². The van der Waals surface area contributed by atoms with E-state index in [2.05, 4.69) is 4.99 Å². The van der Waals surface area contributed by atoms with E-state index in [0.29, 0.717) is 26.3 Å². The number of hydrogen-bond acceptors (Lipinski definition) is 6. The minimum absolute atomic E-state index is 0.154. The van der Waals surface area contributed by atoms with Crippen molar-refractivity contribution < 1.29 is 23.8 Å². The first-order valence-electron chi connectivity index (χ1n) is 12.6. The topological polar surface area (TPSA) is 103 Å². The number of carboxylic acid groups (broad SMARTS) is 1. The summed E-state index contributed by atoms with van der Waals surface area (Å²) >= 11 is 1.20. The first-order valence-corrected chi connectivity index (χ1v) is 13.4. The van der Waals surface area contributed by atoms with Crippen LogP contribution < -0.4 is 14.9 Å². The van der Waals surface area contributed by atoms with E-state index < -0.39 is 23.8 Å². The van der Waals surface area contributed by atoms with Gasteiger partial charge in [-0.2, -0.15) is 0 Å². The van der Waals surface area contributed by atoms with Crippen molar-refractivity contribution in [3.05, 3.63) is 119 Å². The Hall–Kier alpha value is -4.57. The lowest BCUT2D eigenvalue weighted by molar-refractivity contribution is -0.139. The maximum absolute atomic E-state index is 13.9. The van der Waals surface area contributed by atoms with Crippen LogP contribution in [0.1, 0.15) is 52.8 Å². The largest absolute Gasteiger partial charge is 0.478 e. The number of benzene rings is 2. The van der Waals surface area contributed by atoms with Crippen molar-refractivity contribution in [1.82, 2.24) is 9.13 Å². The molecule has 1 N–H and O–H groups in total. The van der Waals surface area contributed by atoms with Crippen LogP contribution in [0.3, 0.4) is 0 Å². The summed E-state index contributed by atoms with van der Waals surface area (Å²) < 4.78 is 22.8. The van der Waals surface area contributed by atoms with Gasteiger partial charge in [0.25, 0.3) is 5.56 Å². The van der Waals surface area contributed by atoms with Crippen LogP contribution in [0.25, 0.3) is 11.8 Å². The second-order valence-corrected chi connectivity index (χ2v) is 10.4. The Kier molecular flexibility index (Phi) is 7.12. The van der Waals surface area contributed by atoms with Gasteiger partial charge >= 0.3 is 11.9 Å². The molecule has 0 fully saturated rings. The fourth-order valence-electron chi connectivity index (χ4n) is 5.00. The number of hydrogen-bond donors (Lipinski definition) is 1. The van der Waals surface area contributed by atoms with Gasteiger partial charge < -0.3 is 14.4 Å². The Morgan fingerprint density at radius 3 is 2.52 bits per heavy atom. The number of rotatable bonds is 6. The second kappa shape index (κ2) is 10.5. The van der Waals surface area contributed by atoms with E-state index in [9.17, 15) is 23.9 Å².